The van der Waals surface area contributed by atoms with Gasteiger partial charge in [-0.3, -0.25) is 14.4 Å². The van der Waals surface area contributed by atoms with Gasteiger partial charge in [0.15, 0.2) is 0 Å². The highest BCUT2D eigenvalue weighted by atomic mass is 32.3. The van der Waals surface area contributed by atoms with Gasteiger partial charge in [0.25, 0.3) is 10.1 Å². The maximum atomic E-state index is 13.0. The van der Waals surface area contributed by atoms with Crippen molar-refractivity contribution in [3.05, 3.63) is 0 Å². The van der Waals surface area contributed by atoms with Gasteiger partial charge in [0.05, 0.1) is 16.9 Å². The van der Waals surface area contributed by atoms with Gasteiger partial charge in [-0.2, -0.15) is 8.42 Å². The Labute approximate surface area is 157 Å². The van der Waals surface area contributed by atoms with E-state index in [9.17, 15) is 22.8 Å². The summed E-state index contributed by atoms with van der Waals surface area (Å²) >= 11 is 0. The first kappa shape index (κ1) is 20.0. The quantitative estimate of drug-likeness (QED) is 0.675. The van der Waals surface area contributed by atoms with Crippen molar-refractivity contribution >= 4 is 37.8 Å². The fourth-order valence-electron chi connectivity index (χ4n) is 5.09. The number of carbonyl (C=O) groups is 3. The van der Waals surface area contributed by atoms with E-state index in [1.165, 1.54) is 6.92 Å². The summed E-state index contributed by atoms with van der Waals surface area (Å²) in [6.07, 6.45) is 2.42. The van der Waals surface area contributed by atoms with Gasteiger partial charge in [-0.05, 0) is 31.1 Å². The molecule has 26 heavy (non-hydrogen) atoms. The Bertz CT molecular complexity index is 744. The highest BCUT2D eigenvalue weighted by Gasteiger charge is 2.65. The van der Waals surface area contributed by atoms with Gasteiger partial charge in [-0.25, -0.2) is 3.63 Å². The molecule has 2 atom stereocenters. The van der Waals surface area contributed by atoms with E-state index in [1.54, 1.807) is 0 Å². The molecule has 0 radical (unpaired) electrons. The predicted octanol–water partition coefficient (Wildman–Crippen LogP) is 2.40. The maximum Gasteiger partial charge on any atom is 0.277 e. The molecule has 2 bridgehead atoms. The molecule has 2 unspecified atom stereocenters. The Hall–Kier alpha value is -0.730. The summed E-state index contributed by atoms with van der Waals surface area (Å²) < 4.78 is 31.7. The van der Waals surface area contributed by atoms with Crippen LogP contribution in [0.1, 0.15) is 52.9 Å². The molecule has 3 fully saturated rings. The summed E-state index contributed by atoms with van der Waals surface area (Å²) in [5, 5.41) is 0. The molecular weight excluding hydrogens is 376 g/mol. The number of ketones is 3. The number of Topliss-reactive ketones (excluding diaryl/α,β-unsaturated/α-hetero) is 3. The summed E-state index contributed by atoms with van der Waals surface area (Å²) in [6, 6.07) is 0. The van der Waals surface area contributed by atoms with Crippen LogP contribution in [0.15, 0.2) is 0 Å². The van der Waals surface area contributed by atoms with Crippen molar-refractivity contribution in [2.75, 3.05) is 23.0 Å². The zero-order valence-electron chi connectivity index (χ0n) is 15.7. The van der Waals surface area contributed by atoms with Crippen molar-refractivity contribution in [2.24, 2.45) is 16.7 Å². The second-order valence-electron chi connectivity index (χ2n) is 8.70. The SMILES string of the molecule is CC(=O)CS1(OS(=O)(=O)CC23CCC(CC2=O)C3(C)C)CCC(=O)CC1. The second kappa shape index (κ2) is 6.41. The van der Waals surface area contributed by atoms with Crippen molar-refractivity contribution in [3.8, 4) is 0 Å². The zero-order valence-corrected chi connectivity index (χ0v) is 17.3. The van der Waals surface area contributed by atoms with Crippen LogP contribution in [0.5, 0.6) is 0 Å². The van der Waals surface area contributed by atoms with Crippen molar-refractivity contribution < 1.29 is 26.4 Å². The average molecular weight is 405 g/mol. The largest absolute Gasteiger partial charge is 0.300 e. The van der Waals surface area contributed by atoms with Gasteiger partial charge in [-0.15, -0.1) is 10.3 Å². The van der Waals surface area contributed by atoms with E-state index < -0.39 is 25.8 Å². The van der Waals surface area contributed by atoms with Gasteiger partial charge >= 0.3 is 0 Å². The zero-order chi connectivity index (χ0) is 19.4. The predicted molar refractivity (Wildman–Crippen MR) is 101 cm³/mol. The molecule has 3 aliphatic rings. The molecule has 1 saturated heterocycles. The molecule has 0 aromatic carbocycles. The maximum absolute atomic E-state index is 13.0. The Balaban J connectivity index is 1.84. The third-order valence-corrected chi connectivity index (χ3v) is 12.4. The van der Waals surface area contributed by atoms with Crippen LogP contribution in [-0.4, -0.2) is 48.8 Å². The molecule has 1 aliphatic heterocycles. The van der Waals surface area contributed by atoms with E-state index in [2.05, 4.69) is 0 Å². The molecule has 0 aromatic heterocycles. The lowest BCUT2D eigenvalue weighted by Gasteiger charge is -2.42. The lowest BCUT2D eigenvalue weighted by atomic mass is 9.70. The highest BCUT2D eigenvalue weighted by Crippen LogP contribution is 2.65. The van der Waals surface area contributed by atoms with E-state index >= 15 is 0 Å². The molecule has 6 nitrogen and oxygen atoms in total. The molecule has 0 N–H and O–H groups in total. The van der Waals surface area contributed by atoms with Gasteiger partial charge in [-0.1, -0.05) is 13.8 Å². The van der Waals surface area contributed by atoms with Gasteiger partial charge in [0, 0.05) is 30.8 Å². The van der Waals surface area contributed by atoms with E-state index in [1.807, 2.05) is 13.8 Å². The molecule has 8 heteroatoms. The summed E-state index contributed by atoms with van der Waals surface area (Å²) in [5.41, 5.74) is -1.23. The molecule has 0 aromatic rings. The van der Waals surface area contributed by atoms with E-state index in [-0.39, 0.29) is 53.0 Å². The fourth-order valence-corrected chi connectivity index (χ4v) is 11.5. The lowest BCUT2D eigenvalue weighted by molar-refractivity contribution is -0.128. The van der Waals surface area contributed by atoms with Crippen LogP contribution in [0.3, 0.4) is 0 Å². The van der Waals surface area contributed by atoms with Crippen LogP contribution in [0, 0.1) is 16.7 Å². The fraction of sp³-hybridized carbons (Fsp3) is 0.833. The van der Waals surface area contributed by atoms with Gasteiger partial charge < -0.3 is 0 Å². The molecule has 0 spiro atoms. The Kier molecular flexibility index (Phi) is 4.94. The average Bonchev–Trinajstić information content (AvgIpc) is 2.83. The number of fused-ring (bicyclic) bond motifs is 2. The van der Waals surface area contributed by atoms with Crippen LogP contribution < -0.4 is 0 Å². The molecule has 2 saturated carbocycles. The minimum atomic E-state index is -3.98. The second-order valence-corrected chi connectivity index (χ2v) is 13.7. The smallest absolute Gasteiger partial charge is 0.277 e. The molecule has 148 valence electrons. The summed E-state index contributed by atoms with van der Waals surface area (Å²) in [5.74, 6) is 0.615. The molecule has 1 heterocycles. The van der Waals surface area contributed by atoms with Crippen LogP contribution >= 0.6 is 10.3 Å². The van der Waals surface area contributed by atoms with E-state index in [0.29, 0.717) is 24.3 Å². The van der Waals surface area contributed by atoms with Crippen LogP contribution in [-0.2, 0) is 28.1 Å². The van der Waals surface area contributed by atoms with E-state index in [4.69, 9.17) is 3.63 Å². The monoisotopic (exact) mass is 404 g/mol. The Morgan fingerprint density at radius 1 is 1.23 bits per heavy atom. The standard InChI is InChI=1S/C18H28O6S2/c1-13(19)11-25(8-5-15(20)6-9-25)24-26(22,23)12-18-7-4-14(10-16(18)21)17(18,2)3/h14H,4-12H2,1-3H3. The Morgan fingerprint density at radius 3 is 2.31 bits per heavy atom. The third-order valence-electron chi connectivity index (χ3n) is 6.78. The van der Waals surface area contributed by atoms with Crippen LogP contribution in [0.2, 0.25) is 0 Å². The summed E-state index contributed by atoms with van der Waals surface area (Å²) in [7, 11) is -6.16. The first-order chi connectivity index (χ1) is 11.9. The molecule has 2 aliphatic carbocycles. The van der Waals surface area contributed by atoms with Crippen molar-refractivity contribution in [3.63, 3.8) is 0 Å². The lowest BCUT2D eigenvalue weighted by Crippen LogP contribution is -2.43. The van der Waals surface area contributed by atoms with Crippen LogP contribution in [0.25, 0.3) is 0 Å². The van der Waals surface area contributed by atoms with Crippen molar-refractivity contribution in [2.45, 2.75) is 52.9 Å². The first-order valence-electron chi connectivity index (χ1n) is 9.16. The number of rotatable bonds is 6. The highest BCUT2D eigenvalue weighted by molar-refractivity contribution is 8.33. The van der Waals surface area contributed by atoms with Gasteiger partial charge in [0.2, 0.25) is 0 Å². The number of hydrogen-bond acceptors (Lipinski definition) is 6. The molecule has 3 rings (SSSR count). The molecule has 0 amide bonds. The number of carbonyl (C=O) groups excluding carboxylic acids is 3. The van der Waals surface area contributed by atoms with Crippen molar-refractivity contribution in [1.29, 1.82) is 0 Å². The van der Waals surface area contributed by atoms with Crippen LogP contribution in [0.4, 0.5) is 0 Å². The van der Waals surface area contributed by atoms with Crippen molar-refractivity contribution in [1.82, 2.24) is 0 Å². The Morgan fingerprint density at radius 2 is 1.85 bits per heavy atom. The van der Waals surface area contributed by atoms with Gasteiger partial charge in [0.1, 0.15) is 17.3 Å². The summed E-state index contributed by atoms with van der Waals surface area (Å²) in [6.45, 7) is 5.40. The normalized spacial score (nSPS) is 34.0. The van der Waals surface area contributed by atoms with E-state index in [0.717, 1.165) is 6.42 Å². The summed E-state index contributed by atoms with van der Waals surface area (Å²) in [4.78, 5) is 35.9. The minimum Gasteiger partial charge on any atom is -0.300 e. The minimum absolute atomic E-state index is 0.0281. The molecular formula is C18H28O6S2. The first-order valence-corrected chi connectivity index (χ1v) is 12.8. The topological polar surface area (TPSA) is 94.6 Å². The number of hydrogen-bond donors (Lipinski definition) is 0. The third kappa shape index (κ3) is 3.29.